The highest BCUT2D eigenvalue weighted by atomic mass is 35.5. The summed E-state index contributed by atoms with van der Waals surface area (Å²) in [5.41, 5.74) is -0.300. The van der Waals surface area contributed by atoms with Crippen LogP contribution in [0.3, 0.4) is 0 Å². The fraction of sp³-hybridized carbons (Fsp3) is 0.188. The third-order valence-corrected chi connectivity index (χ3v) is 3.62. The van der Waals surface area contributed by atoms with Crippen LogP contribution in [0, 0.1) is 6.92 Å². The molecule has 0 aliphatic rings. The van der Waals surface area contributed by atoms with Gasteiger partial charge in [-0.05, 0) is 48.9 Å². The second kappa shape index (κ2) is 7.32. The van der Waals surface area contributed by atoms with E-state index >= 15 is 0 Å². The molecule has 8 heteroatoms. The van der Waals surface area contributed by atoms with Crippen molar-refractivity contribution in [2.24, 2.45) is 0 Å². The van der Waals surface area contributed by atoms with Crippen molar-refractivity contribution in [2.75, 3.05) is 11.9 Å². The van der Waals surface area contributed by atoms with Crippen molar-refractivity contribution in [1.29, 1.82) is 0 Å². The Kier molecular flexibility index (Phi) is 5.62. The number of hydrogen-bond donors (Lipinski definition) is 1. The van der Waals surface area contributed by atoms with Crippen LogP contribution < -0.4 is 10.1 Å². The molecular weight excluding hydrogens is 366 g/mol. The fourth-order valence-corrected chi connectivity index (χ4v) is 2.39. The molecule has 0 unspecified atom stereocenters. The summed E-state index contributed by atoms with van der Waals surface area (Å²) in [6.07, 6.45) is -4.60. The number of amides is 1. The van der Waals surface area contributed by atoms with Crippen LogP contribution in [0.1, 0.15) is 11.1 Å². The van der Waals surface area contributed by atoms with E-state index in [2.05, 4.69) is 5.32 Å². The van der Waals surface area contributed by atoms with Gasteiger partial charge in [0.2, 0.25) is 0 Å². The molecule has 1 amide bonds. The van der Waals surface area contributed by atoms with Gasteiger partial charge in [-0.15, -0.1) is 0 Å². The van der Waals surface area contributed by atoms with Crippen molar-refractivity contribution in [1.82, 2.24) is 0 Å². The van der Waals surface area contributed by atoms with E-state index in [4.69, 9.17) is 27.9 Å². The zero-order valence-electron chi connectivity index (χ0n) is 12.4. The Balaban J connectivity index is 2.02. The lowest BCUT2D eigenvalue weighted by molar-refractivity contribution is -0.137. The van der Waals surface area contributed by atoms with Crippen LogP contribution in [0.25, 0.3) is 0 Å². The number of carbonyl (C=O) groups is 1. The standard InChI is InChI=1S/C16H12Cl2F3NO2/c1-9-6-10(17)2-5-14(9)24-8-15(23)22-11-3-4-13(18)12(7-11)16(19,20)21/h2-7H,8H2,1H3,(H,22,23). The lowest BCUT2D eigenvalue weighted by atomic mass is 10.2. The lowest BCUT2D eigenvalue weighted by Crippen LogP contribution is -2.20. The largest absolute Gasteiger partial charge is 0.483 e. The van der Waals surface area contributed by atoms with Gasteiger partial charge in [-0.1, -0.05) is 23.2 Å². The summed E-state index contributed by atoms with van der Waals surface area (Å²) in [6.45, 7) is 1.40. The van der Waals surface area contributed by atoms with Crippen molar-refractivity contribution in [3.63, 3.8) is 0 Å². The summed E-state index contributed by atoms with van der Waals surface area (Å²) < 4.78 is 43.7. The Morgan fingerprint density at radius 3 is 2.50 bits per heavy atom. The van der Waals surface area contributed by atoms with Gasteiger partial charge in [-0.25, -0.2) is 0 Å². The zero-order chi connectivity index (χ0) is 17.9. The van der Waals surface area contributed by atoms with Crippen molar-refractivity contribution < 1.29 is 22.7 Å². The molecular formula is C16H12Cl2F3NO2. The monoisotopic (exact) mass is 377 g/mol. The molecule has 0 aliphatic heterocycles. The van der Waals surface area contributed by atoms with Gasteiger partial charge in [-0.2, -0.15) is 13.2 Å². The molecule has 0 aliphatic carbocycles. The Labute approximate surface area is 146 Å². The second-order valence-corrected chi connectivity index (χ2v) is 5.78. The Bertz CT molecular complexity index is 763. The molecule has 0 fully saturated rings. The SMILES string of the molecule is Cc1cc(Cl)ccc1OCC(=O)Nc1ccc(Cl)c(C(F)(F)F)c1. The van der Waals surface area contributed by atoms with Crippen LogP contribution >= 0.6 is 23.2 Å². The van der Waals surface area contributed by atoms with Crippen LogP contribution in [-0.2, 0) is 11.0 Å². The first-order valence-corrected chi connectivity index (χ1v) is 7.48. The number of rotatable bonds is 4. The Morgan fingerprint density at radius 1 is 1.17 bits per heavy atom. The summed E-state index contributed by atoms with van der Waals surface area (Å²) >= 11 is 11.3. The highest BCUT2D eigenvalue weighted by Gasteiger charge is 2.33. The number of anilines is 1. The maximum Gasteiger partial charge on any atom is 0.417 e. The highest BCUT2D eigenvalue weighted by molar-refractivity contribution is 6.31. The van der Waals surface area contributed by atoms with Crippen LogP contribution in [0.5, 0.6) is 5.75 Å². The number of aryl methyl sites for hydroxylation is 1. The lowest BCUT2D eigenvalue weighted by Gasteiger charge is -2.12. The quantitative estimate of drug-likeness (QED) is 0.780. The molecule has 0 radical (unpaired) electrons. The third kappa shape index (κ3) is 4.79. The maximum atomic E-state index is 12.8. The van der Waals surface area contributed by atoms with Gasteiger partial charge in [0, 0.05) is 10.7 Å². The molecule has 0 aromatic heterocycles. The Morgan fingerprint density at radius 2 is 1.88 bits per heavy atom. The van der Waals surface area contributed by atoms with E-state index in [1.165, 1.54) is 6.07 Å². The summed E-state index contributed by atoms with van der Waals surface area (Å²) in [5.74, 6) is -0.138. The number of alkyl halides is 3. The van der Waals surface area contributed by atoms with E-state index in [-0.39, 0.29) is 12.3 Å². The van der Waals surface area contributed by atoms with Gasteiger partial charge in [0.25, 0.3) is 5.91 Å². The summed E-state index contributed by atoms with van der Waals surface area (Å²) in [6, 6.07) is 8.01. The number of halogens is 5. The first-order valence-electron chi connectivity index (χ1n) is 6.72. The average Bonchev–Trinajstić information content (AvgIpc) is 2.47. The average molecular weight is 378 g/mol. The topological polar surface area (TPSA) is 38.3 Å². The molecule has 24 heavy (non-hydrogen) atoms. The highest BCUT2D eigenvalue weighted by Crippen LogP contribution is 2.36. The normalized spacial score (nSPS) is 11.2. The van der Waals surface area contributed by atoms with E-state index < -0.39 is 22.7 Å². The molecule has 128 valence electrons. The summed E-state index contributed by atoms with van der Waals surface area (Å²) in [4.78, 5) is 11.8. The minimum Gasteiger partial charge on any atom is -0.483 e. The van der Waals surface area contributed by atoms with Crippen molar-refractivity contribution in [2.45, 2.75) is 13.1 Å². The zero-order valence-corrected chi connectivity index (χ0v) is 13.9. The fourth-order valence-electron chi connectivity index (χ4n) is 1.94. The number of hydrogen-bond acceptors (Lipinski definition) is 2. The number of carbonyl (C=O) groups excluding carboxylic acids is 1. The van der Waals surface area contributed by atoms with E-state index in [0.29, 0.717) is 10.8 Å². The molecule has 2 aromatic carbocycles. The third-order valence-electron chi connectivity index (χ3n) is 3.05. The summed E-state index contributed by atoms with van der Waals surface area (Å²) in [7, 11) is 0. The molecule has 0 bridgehead atoms. The van der Waals surface area contributed by atoms with Gasteiger partial charge in [0.15, 0.2) is 6.61 Å². The van der Waals surface area contributed by atoms with Gasteiger partial charge in [0.05, 0.1) is 10.6 Å². The van der Waals surface area contributed by atoms with E-state index in [0.717, 1.165) is 17.7 Å². The van der Waals surface area contributed by atoms with Gasteiger partial charge >= 0.3 is 6.18 Å². The summed E-state index contributed by atoms with van der Waals surface area (Å²) in [5, 5.41) is 2.43. The first-order chi connectivity index (χ1) is 11.2. The number of ether oxygens (including phenoxy) is 1. The van der Waals surface area contributed by atoms with Gasteiger partial charge < -0.3 is 10.1 Å². The molecule has 0 atom stereocenters. The Hall–Kier alpha value is -1.92. The predicted octanol–water partition coefficient (Wildman–Crippen LogP) is 5.34. The van der Waals surface area contributed by atoms with E-state index in [1.807, 2.05) is 0 Å². The van der Waals surface area contributed by atoms with Crippen molar-refractivity contribution in [3.8, 4) is 5.75 Å². The van der Waals surface area contributed by atoms with Crippen LogP contribution in [0.4, 0.5) is 18.9 Å². The maximum absolute atomic E-state index is 12.8. The minimum atomic E-state index is -4.60. The molecule has 0 saturated carbocycles. The van der Waals surface area contributed by atoms with Crippen LogP contribution in [-0.4, -0.2) is 12.5 Å². The number of benzene rings is 2. The molecule has 0 spiro atoms. The van der Waals surface area contributed by atoms with Crippen molar-refractivity contribution in [3.05, 3.63) is 57.6 Å². The minimum absolute atomic E-state index is 0.0202. The molecule has 0 saturated heterocycles. The smallest absolute Gasteiger partial charge is 0.417 e. The first kappa shape index (κ1) is 18.4. The van der Waals surface area contributed by atoms with Gasteiger partial charge in [-0.3, -0.25) is 4.79 Å². The van der Waals surface area contributed by atoms with Crippen LogP contribution in [0.2, 0.25) is 10.0 Å². The molecule has 0 heterocycles. The predicted molar refractivity (Wildman–Crippen MR) is 86.8 cm³/mol. The number of nitrogens with one attached hydrogen (secondary N) is 1. The van der Waals surface area contributed by atoms with Crippen LogP contribution in [0.15, 0.2) is 36.4 Å². The molecule has 3 nitrogen and oxygen atoms in total. The van der Waals surface area contributed by atoms with Crippen molar-refractivity contribution >= 4 is 34.8 Å². The van der Waals surface area contributed by atoms with Gasteiger partial charge in [0.1, 0.15) is 5.75 Å². The van der Waals surface area contributed by atoms with E-state index in [1.54, 1.807) is 25.1 Å². The molecule has 2 rings (SSSR count). The second-order valence-electron chi connectivity index (χ2n) is 4.94. The van der Waals surface area contributed by atoms with E-state index in [9.17, 15) is 18.0 Å². The molecule has 2 aromatic rings. The molecule has 1 N–H and O–H groups in total.